The summed E-state index contributed by atoms with van der Waals surface area (Å²) in [6.45, 7) is 13.3. The van der Waals surface area contributed by atoms with Gasteiger partial charge in [0.25, 0.3) is 0 Å². The van der Waals surface area contributed by atoms with Crippen molar-refractivity contribution in [3.05, 3.63) is 41.5 Å². The average Bonchev–Trinajstić information content (AvgIpc) is 2.60. The van der Waals surface area contributed by atoms with Crippen LogP contribution in [-0.2, 0) is 4.43 Å². The number of rotatable bonds is 12. The molecule has 0 aromatic heterocycles. The van der Waals surface area contributed by atoms with Gasteiger partial charge in [0.1, 0.15) is 0 Å². The minimum absolute atomic E-state index is 0.0571. The van der Waals surface area contributed by atoms with Crippen LogP contribution in [-0.4, -0.2) is 20.3 Å². The van der Waals surface area contributed by atoms with Crippen LogP contribution in [0.15, 0.2) is 30.3 Å². The first-order valence-electron chi connectivity index (χ1n) is 10.7. The molecule has 2 unspecified atom stereocenters. The number of aliphatic hydroxyl groups excluding tert-OH is 1. The molecule has 0 aliphatic rings. The SMILES string of the molecule is CCCCCCCCC(O)C=Cc1cccc(C(O[Si](C)C)C(C)(C)C)c1. The fourth-order valence-electron chi connectivity index (χ4n) is 3.26. The van der Waals surface area contributed by atoms with Gasteiger partial charge in [-0.1, -0.05) is 96.6 Å². The highest BCUT2D eigenvalue weighted by Crippen LogP contribution is 2.37. The molecule has 0 saturated heterocycles. The third kappa shape index (κ3) is 10.3. The van der Waals surface area contributed by atoms with Crippen LogP contribution in [0, 0.1) is 5.41 Å². The molecule has 0 bridgehead atoms. The molecular weight excluding hydrogens is 348 g/mol. The predicted octanol–water partition coefficient (Wildman–Crippen LogP) is 7.17. The van der Waals surface area contributed by atoms with Crippen molar-refractivity contribution in [2.45, 2.75) is 97.9 Å². The van der Waals surface area contributed by atoms with Crippen molar-refractivity contribution >= 4 is 15.1 Å². The third-order valence-corrected chi connectivity index (χ3v) is 5.42. The van der Waals surface area contributed by atoms with E-state index in [1.54, 1.807) is 0 Å². The van der Waals surface area contributed by atoms with E-state index in [-0.39, 0.29) is 17.6 Å². The van der Waals surface area contributed by atoms with E-state index in [2.05, 4.69) is 71.1 Å². The summed E-state index contributed by atoms with van der Waals surface area (Å²) in [6.07, 6.45) is 12.1. The van der Waals surface area contributed by atoms with Crippen LogP contribution in [0.1, 0.15) is 89.9 Å². The third-order valence-electron chi connectivity index (χ3n) is 4.72. The predicted molar refractivity (Wildman–Crippen MR) is 120 cm³/mol. The Morgan fingerprint density at radius 1 is 1.07 bits per heavy atom. The summed E-state index contributed by atoms with van der Waals surface area (Å²) in [4.78, 5) is 0. The van der Waals surface area contributed by atoms with Gasteiger partial charge in [-0.3, -0.25) is 0 Å². The number of unbranched alkanes of at least 4 members (excludes halogenated alkanes) is 5. The van der Waals surface area contributed by atoms with Gasteiger partial charge in [-0.25, -0.2) is 0 Å². The molecule has 2 atom stereocenters. The lowest BCUT2D eigenvalue weighted by Crippen LogP contribution is -2.25. The van der Waals surface area contributed by atoms with Crippen molar-refractivity contribution in [1.29, 1.82) is 0 Å². The molecule has 0 heterocycles. The molecule has 0 fully saturated rings. The fourth-order valence-corrected chi connectivity index (χ4v) is 4.22. The molecule has 0 aliphatic carbocycles. The highest BCUT2D eigenvalue weighted by Gasteiger charge is 2.28. The van der Waals surface area contributed by atoms with Crippen LogP contribution in [0.3, 0.4) is 0 Å². The lowest BCUT2D eigenvalue weighted by atomic mass is 9.84. The summed E-state index contributed by atoms with van der Waals surface area (Å²) in [5, 5.41) is 10.2. The Hall–Kier alpha value is -0.903. The number of benzene rings is 1. The smallest absolute Gasteiger partial charge is 0.205 e. The first-order chi connectivity index (χ1) is 12.7. The Bertz CT molecular complexity index is 546. The summed E-state index contributed by atoms with van der Waals surface area (Å²) >= 11 is 0. The zero-order chi connectivity index (χ0) is 20.3. The Morgan fingerprint density at radius 3 is 2.37 bits per heavy atom. The summed E-state index contributed by atoms with van der Waals surface area (Å²) in [7, 11) is -0.777. The van der Waals surface area contributed by atoms with Gasteiger partial charge in [-0.15, -0.1) is 0 Å². The Kier molecular flexibility index (Phi) is 11.2. The largest absolute Gasteiger partial charge is 0.410 e. The monoisotopic (exact) mass is 389 g/mol. The molecule has 3 heteroatoms. The molecule has 0 aliphatic heterocycles. The molecule has 1 N–H and O–H groups in total. The molecule has 0 spiro atoms. The maximum atomic E-state index is 10.2. The number of aliphatic hydroxyl groups is 1. The van der Waals surface area contributed by atoms with Crippen molar-refractivity contribution in [3.63, 3.8) is 0 Å². The van der Waals surface area contributed by atoms with E-state index in [1.807, 2.05) is 6.08 Å². The normalized spacial score (nSPS) is 14.8. The molecule has 2 nitrogen and oxygen atoms in total. The molecule has 1 rings (SSSR count). The van der Waals surface area contributed by atoms with E-state index in [9.17, 15) is 5.11 Å². The van der Waals surface area contributed by atoms with E-state index in [4.69, 9.17) is 4.43 Å². The van der Waals surface area contributed by atoms with Crippen LogP contribution in [0.2, 0.25) is 13.1 Å². The highest BCUT2D eigenvalue weighted by molar-refractivity contribution is 6.48. The van der Waals surface area contributed by atoms with Crippen molar-refractivity contribution in [2.75, 3.05) is 0 Å². The second-order valence-electron chi connectivity index (χ2n) is 8.93. The van der Waals surface area contributed by atoms with Crippen molar-refractivity contribution in [1.82, 2.24) is 0 Å². The van der Waals surface area contributed by atoms with Gasteiger partial charge in [0.2, 0.25) is 9.04 Å². The van der Waals surface area contributed by atoms with Gasteiger partial charge in [0, 0.05) is 0 Å². The maximum Gasteiger partial charge on any atom is 0.205 e. The molecule has 0 amide bonds. The minimum atomic E-state index is -0.777. The van der Waals surface area contributed by atoms with Gasteiger partial charge >= 0.3 is 0 Å². The Morgan fingerprint density at radius 2 is 1.74 bits per heavy atom. The summed E-state index contributed by atoms with van der Waals surface area (Å²) in [5.41, 5.74) is 2.41. The average molecular weight is 390 g/mol. The first-order valence-corrected chi connectivity index (χ1v) is 13.1. The van der Waals surface area contributed by atoms with Gasteiger partial charge in [0.05, 0.1) is 12.2 Å². The van der Waals surface area contributed by atoms with Crippen molar-refractivity contribution < 1.29 is 9.53 Å². The number of hydrogen-bond acceptors (Lipinski definition) is 2. The highest BCUT2D eigenvalue weighted by atomic mass is 28.3. The Labute approximate surface area is 169 Å². The van der Waals surface area contributed by atoms with Gasteiger partial charge in [-0.2, -0.15) is 0 Å². The molecule has 1 radical (unpaired) electrons. The van der Waals surface area contributed by atoms with Gasteiger partial charge in [-0.05, 0) is 42.1 Å². The maximum absolute atomic E-state index is 10.2. The van der Waals surface area contributed by atoms with Crippen LogP contribution < -0.4 is 0 Å². The van der Waals surface area contributed by atoms with Crippen LogP contribution in [0.25, 0.3) is 6.08 Å². The van der Waals surface area contributed by atoms with E-state index in [0.717, 1.165) is 18.4 Å². The summed E-state index contributed by atoms with van der Waals surface area (Å²) in [6, 6.07) is 8.55. The Balaban J connectivity index is 2.63. The number of hydrogen-bond donors (Lipinski definition) is 1. The molecule has 0 saturated carbocycles. The van der Waals surface area contributed by atoms with E-state index in [0.29, 0.717) is 0 Å². The lowest BCUT2D eigenvalue weighted by molar-refractivity contribution is 0.0866. The van der Waals surface area contributed by atoms with E-state index < -0.39 is 9.04 Å². The van der Waals surface area contributed by atoms with Crippen LogP contribution in [0.4, 0.5) is 0 Å². The molecule has 153 valence electrons. The quantitative estimate of drug-likeness (QED) is 0.303. The fraction of sp³-hybridized carbons (Fsp3) is 0.667. The molecule has 1 aromatic carbocycles. The van der Waals surface area contributed by atoms with Gasteiger partial charge in [0.15, 0.2) is 0 Å². The minimum Gasteiger partial charge on any atom is -0.410 e. The van der Waals surface area contributed by atoms with Crippen molar-refractivity contribution in [2.24, 2.45) is 5.41 Å². The van der Waals surface area contributed by atoms with Gasteiger partial charge < -0.3 is 9.53 Å². The summed E-state index contributed by atoms with van der Waals surface area (Å²) < 4.78 is 6.30. The van der Waals surface area contributed by atoms with E-state index in [1.165, 1.54) is 37.7 Å². The van der Waals surface area contributed by atoms with Crippen molar-refractivity contribution in [3.8, 4) is 0 Å². The zero-order valence-corrected chi connectivity index (χ0v) is 19.4. The topological polar surface area (TPSA) is 29.5 Å². The zero-order valence-electron chi connectivity index (χ0n) is 18.4. The molecule has 1 aromatic rings. The van der Waals surface area contributed by atoms with Crippen LogP contribution in [0.5, 0.6) is 0 Å². The second-order valence-corrected chi connectivity index (χ2v) is 11.0. The lowest BCUT2D eigenvalue weighted by Gasteiger charge is -2.33. The summed E-state index contributed by atoms with van der Waals surface area (Å²) in [5.74, 6) is 0. The second kappa shape index (κ2) is 12.5. The van der Waals surface area contributed by atoms with Crippen LogP contribution >= 0.6 is 0 Å². The molecule has 27 heavy (non-hydrogen) atoms. The standard InChI is InChI=1S/C24H41O2Si/c1-7-8-9-10-11-12-16-22(25)18-17-20-14-13-15-21(19-20)23(24(2,3)4)26-27(5)6/h13-15,17-19,22-23,25H,7-12,16H2,1-6H3. The van der Waals surface area contributed by atoms with E-state index >= 15 is 0 Å². The molecular formula is C24H41O2Si. The first kappa shape index (κ1) is 24.1.